The summed E-state index contributed by atoms with van der Waals surface area (Å²) in [6, 6.07) is 13.2. The first kappa shape index (κ1) is 30.1. The molecule has 0 aliphatic heterocycles. The van der Waals surface area contributed by atoms with Crippen LogP contribution >= 0.6 is 58.8 Å². The summed E-state index contributed by atoms with van der Waals surface area (Å²) in [7, 11) is 0. The van der Waals surface area contributed by atoms with Crippen LogP contribution in [0, 0.1) is 10.1 Å². The molecular weight excluding hydrogens is 572 g/mol. The van der Waals surface area contributed by atoms with E-state index in [-0.39, 0.29) is 24.7 Å². The molecule has 0 aliphatic rings. The van der Waals surface area contributed by atoms with E-state index >= 15 is 0 Å². The number of hydrogen-bond donors (Lipinski definition) is 2. The molecule has 0 saturated heterocycles. The molecule has 0 fully saturated rings. The molecule has 194 valence electrons. The van der Waals surface area contributed by atoms with Crippen molar-refractivity contribution < 1.29 is 14.4 Å². The molecule has 0 radical (unpaired) electrons. The molecule has 36 heavy (non-hydrogen) atoms. The monoisotopic (exact) mass is 593 g/mol. The lowest BCUT2D eigenvalue weighted by atomic mass is 10.2. The number of nitrogens with zero attached hydrogens (tertiary/aromatic N) is 1. The van der Waals surface area contributed by atoms with Gasteiger partial charge in [-0.25, -0.2) is 0 Å². The van der Waals surface area contributed by atoms with Gasteiger partial charge in [-0.05, 0) is 42.8 Å². The van der Waals surface area contributed by atoms with Gasteiger partial charge in [0, 0.05) is 47.4 Å². The Kier molecular flexibility index (Phi) is 12.2. The second kappa shape index (κ2) is 14.6. The summed E-state index contributed by atoms with van der Waals surface area (Å²) >= 11 is 24.8. The van der Waals surface area contributed by atoms with E-state index in [0.717, 1.165) is 11.1 Å². The van der Waals surface area contributed by atoms with Crippen LogP contribution in [0.5, 0.6) is 11.5 Å². The normalized spacial score (nSPS) is 10.5. The molecule has 0 amide bonds. The van der Waals surface area contributed by atoms with Gasteiger partial charge in [0.15, 0.2) is 11.5 Å². The van der Waals surface area contributed by atoms with E-state index < -0.39 is 4.92 Å². The van der Waals surface area contributed by atoms with Crippen molar-refractivity contribution in [2.75, 3.05) is 25.0 Å². The van der Waals surface area contributed by atoms with Gasteiger partial charge in [-0.3, -0.25) is 10.1 Å². The second-order valence-corrected chi connectivity index (χ2v) is 9.05. The number of ether oxygens (including phenoxy) is 2. The number of nitro groups is 1. The maximum Gasteiger partial charge on any atom is 0.271 e. The lowest BCUT2D eigenvalue weighted by Crippen LogP contribution is -2.22. The third-order valence-electron chi connectivity index (χ3n) is 4.87. The van der Waals surface area contributed by atoms with Crippen LogP contribution in [0.1, 0.15) is 18.1 Å². The molecule has 3 rings (SSSR count). The third kappa shape index (κ3) is 8.47. The molecule has 0 heterocycles. The van der Waals surface area contributed by atoms with E-state index in [0.29, 0.717) is 63.5 Å². The van der Waals surface area contributed by atoms with Gasteiger partial charge in [0.1, 0.15) is 6.61 Å². The maximum absolute atomic E-state index is 10.8. The molecule has 0 unspecified atom stereocenters. The fraction of sp³-hybridized carbons (Fsp3) is 0.250. The van der Waals surface area contributed by atoms with Crippen LogP contribution in [0.15, 0.2) is 48.5 Å². The van der Waals surface area contributed by atoms with Gasteiger partial charge in [-0.2, -0.15) is 0 Å². The predicted octanol–water partition coefficient (Wildman–Crippen LogP) is 7.81. The highest BCUT2D eigenvalue weighted by atomic mass is 35.5. The standard InChI is InChI=1S/C24H23Cl4N3O4.ClH/c1-2-34-23-10-15(9-21(28)24(23)35-14-16-3-4-17(25)11-19(16)26)13-29-7-8-30-22-6-5-18(31(32)33)12-20(22)27;/h3-6,9-12,29-30H,2,7-8,13-14H2,1H3;1H. The Balaban J connectivity index is 0.00000456. The van der Waals surface area contributed by atoms with Crippen LogP contribution < -0.4 is 20.1 Å². The molecule has 3 aromatic rings. The Labute approximate surface area is 235 Å². The molecular formula is C24H24Cl5N3O4. The highest BCUT2D eigenvalue weighted by Gasteiger charge is 2.14. The number of hydrogen-bond acceptors (Lipinski definition) is 6. The van der Waals surface area contributed by atoms with E-state index in [4.69, 9.17) is 55.9 Å². The lowest BCUT2D eigenvalue weighted by Gasteiger charge is -2.16. The first-order valence-corrected chi connectivity index (χ1v) is 12.2. The van der Waals surface area contributed by atoms with Crippen LogP contribution in [0.3, 0.4) is 0 Å². The summed E-state index contributed by atoms with van der Waals surface area (Å²) in [4.78, 5) is 10.3. The molecule has 2 N–H and O–H groups in total. The summed E-state index contributed by atoms with van der Waals surface area (Å²) < 4.78 is 11.7. The number of halogens is 5. The van der Waals surface area contributed by atoms with Crippen LogP contribution in [0.2, 0.25) is 20.1 Å². The first-order valence-electron chi connectivity index (χ1n) is 10.7. The largest absolute Gasteiger partial charge is 0.490 e. The van der Waals surface area contributed by atoms with E-state index in [2.05, 4.69) is 10.6 Å². The smallest absolute Gasteiger partial charge is 0.271 e. The van der Waals surface area contributed by atoms with Crippen molar-refractivity contribution in [3.8, 4) is 11.5 Å². The Hall–Kier alpha value is -2.13. The summed E-state index contributed by atoms with van der Waals surface area (Å²) in [6.07, 6.45) is 0. The Morgan fingerprint density at radius 1 is 0.917 bits per heavy atom. The van der Waals surface area contributed by atoms with Crippen LogP contribution in [0.4, 0.5) is 11.4 Å². The summed E-state index contributed by atoms with van der Waals surface area (Å²) in [6.45, 7) is 4.26. The number of nitro benzene ring substituents is 1. The Morgan fingerprint density at radius 2 is 1.69 bits per heavy atom. The summed E-state index contributed by atoms with van der Waals surface area (Å²) in [5.74, 6) is 0.982. The first-order chi connectivity index (χ1) is 16.8. The Morgan fingerprint density at radius 3 is 2.36 bits per heavy atom. The molecule has 0 atom stereocenters. The fourth-order valence-electron chi connectivity index (χ4n) is 3.19. The highest BCUT2D eigenvalue weighted by molar-refractivity contribution is 6.35. The molecule has 7 nitrogen and oxygen atoms in total. The molecule has 0 aromatic heterocycles. The number of anilines is 1. The number of benzene rings is 3. The zero-order chi connectivity index (χ0) is 25.4. The molecule has 12 heteroatoms. The predicted molar refractivity (Wildman–Crippen MR) is 149 cm³/mol. The highest BCUT2D eigenvalue weighted by Crippen LogP contribution is 2.38. The zero-order valence-corrected chi connectivity index (χ0v) is 23.0. The van der Waals surface area contributed by atoms with E-state index in [1.807, 2.05) is 19.1 Å². The number of nitrogens with one attached hydrogen (secondary N) is 2. The average Bonchev–Trinajstić information content (AvgIpc) is 2.80. The van der Waals surface area contributed by atoms with Gasteiger partial charge < -0.3 is 20.1 Å². The van der Waals surface area contributed by atoms with Gasteiger partial charge in [0.05, 0.1) is 27.3 Å². The van der Waals surface area contributed by atoms with Gasteiger partial charge in [0.25, 0.3) is 5.69 Å². The van der Waals surface area contributed by atoms with E-state index in [1.165, 1.54) is 12.1 Å². The van der Waals surface area contributed by atoms with Crippen molar-refractivity contribution in [2.45, 2.75) is 20.1 Å². The van der Waals surface area contributed by atoms with Crippen LogP contribution in [0.25, 0.3) is 0 Å². The second-order valence-electron chi connectivity index (χ2n) is 7.39. The minimum absolute atomic E-state index is 0. The number of rotatable bonds is 12. The van der Waals surface area contributed by atoms with Crippen molar-refractivity contribution >= 4 is 70.2 Å². The van der Waals surface area contributed by atoms with Crippen LogP contribution in [-0.2, 0) is 13.2 Å². The van der Waals surface area contributed by atoms with Crippen molar-refractivity contribution in [1.29, 1.82) is 0 Å². The number of non-ortho nitro benzene ring substituents is 1. The van der Waals surface area contributed by atoms with E-state index in [1.54, 1.807) is 24.3 Å². The maximum atomic E-state index is 10.8. The Bertz CT molecular complexity index is 1200. The van der Waals surface area contributed by atoms with Gasteiger partial charge in [-0.1, -0.05) is 52.5 Å². The fourth-order valence-corrected chi connectivity index (χ4v) is 4.19. The molecule has 0 spiro atoms. The topological polar surface area (TPSA) is 85.7 Å². The van der Waals surface area contributed by atoms with E-state index in [9.17, 15) is 10.1 Å². The lowest BCUT2D eigenvalue weighted by molar-refractivity contribution is -0.384. The molecule has 3 aromatic carbocycles. The van der Waals surface area contributed by atoms with Crippen molar-refractivity contribution in [2.24, 2.45) is 0 Å². The quantitative estimate of drug-likeness (QED) is 0.126. The van der Waals surface area contributed by atoms with Crippen molar-refractivity contribution in [3.05, 3.63) is 89.9 Å². The minimum Gasteiger partial charge on any atom is -0.490 e. The zero-order valence-electron chi connectivity index (χ0n) is 19.2. The van der Waals surface area contributed by atoms with Gasteiger partial charge in [0.2, 0.25) is 0 Å². The third-order valence-corrected chi connectivity index (χ3v) is 6.05. The minimum atomic E-state index is -0.484. The van der Waals surface area contributed by atoms with Crippen molar-refractivity contribution in [1.82, 2.24) is 5.32 Å². The van der Waals surface area contributed by atoms with Gasteiger partial charge >= 0.3 is 0 Å². The molecule has 0 saturated carbocycles. The molecule has 0 aliphatic carbocycles. The van der Waals surface area contributed by atoms with Crippen molar-refractivity contribution in [3.63, 3.8) is 0 Å². The van der Waals surface area contributed by atoms with Crippen LogP contribution in [-0.4, -0.2) is 24.6 Å². The summed E-state index contributed by atoms with van der Waals surface area (Å²) in [5, 5.41) is 19.1. The molecule has 0 bridgehead atoms. The summed E-state index contributed by atoms with van der Waals surface area (Å²) in [5.41, 5.74) is 2.28. The van der Waals surface area contributed by atoms with Gasteiger partial charge in [-0.15, -0.1) is 12.4 Å². The SMILES string of the molecule is CCOc1cc(CNCCNc2ccc([N+](=O)[O-])cc2Cl)cc(Cl)c1OCc1ccc(Cl)cc1Cl.Cl. The average molecular weight is 596 g/mol.